The number of fused-ring (bicyclic) bond motifs is 1. The Hall–Kier alpha value is -0.900. The van der Waals surface area contributed by atoms with E-state index in [0.717, 1.165) is 12.5 Å². The first-order valence-electron chi connectivity index (χ1n) is 7.75. The van der Waals surface area contributed by atoms with Crippen molar-refractivity contribution < 1.29 is 0 Å². The first kappa shape index (κ1) is 14.1. The van der Waals surface area contributed by atoms with Crippen molar-refractivity contribution in [3.05, 3.63) is 35.2 Å². The minimum Gasteiger partial charge on any atom is -0.312 e. The zero-order valence-electron chi connectivity index (χ0n) is 12.3. The van der Waals surface area contributed by atoms with E-state index in [4.69, 9.17) is 0 Å². The SMILES string of the molecule is CCN1CCC(CNCc2csc3ccccc23)CC1. The maximum Gasteiger partial charge on any atom is 0.0346 e. The fourth-order valence-electron chi connectivity index (χ4n) is 3.09. The largest absolute Gasteiger partial charge is 0.312 e. The third kappa shape index (κ3) is 3.22. The molecule has 0 saturated carbocycles. The van der Waals surface area contributed by atoms with Gasteiger partial charge in [-0.1, -0.05) is 25.1 Å². The van der Waals surface area contributed by atoms with E-state index < -0.39 is 0 Å². The van der Waals surface area contributed by atoms with Gasteiger partial charge in [0.1, 0.15) is 0 Å². The van der Waals surface area contributed by atoms with Gasteiger partial charge in [0.05, 0.1) is 0 Å². The van der Waals surface area contributed by atoms with E-state index in [-0.39, 0.29) is 0 Å². The van der Waals surface area contributed by atoms with Gasteiger partial charge in [-0.25, -0.2) is 0 Å². The van der Waals surface area contributed by atoms with Gasteiger partial charge in [0.15, 0.2) is 0 Å². The van der Waals surface area contributed by atoms with Gasteiger partial charge in [-0.15, -0.1) is 11.3 Å². The van der Waals surface area contributed by atoms with E-state index in [0.29, 0.717) is 0 Å². The summed E-state index contributed by atoms with van der Waals surface area (Å²) in [5, 5.41) is 7.40. The van der Waals surface area contributed by atoms with Gasteiger partial charge < -0.3 is 10.2 Å². The summed E-state index contributed by atoms with van der Waals surface area (Å²) >= 11 is 1.86. The smallest absolute Gasteiger partial charge is 0.0346 e. The molecular weight excluding hydrogens is 264 g/mol. The van der Waals surface area contributed by atoms with Crippen LogP contribution in [0.1, 0.15) is 25.3 Å². The van der Waals surface area contributed by atoms with Crippen LogP contribution in [0, 0.1) is 5.92 Å². The van der Waals surface area contributed by atoms with E-state index in [1.54, 1.807) is 0 Å². The van der Waals surface area contributed by atoms with Crippen LogP contribution in [-0.2, 0) is 6.54 Å². The molecule has 2 aromatic rings. The highest BCUT2D eigenvalue weighted by Gasteiger charge is 2.17. The van der Waals surface area contributed by atoms with Crippen LogP contribution >= 0.6 is 11.3 Å². The Morgan fingerprint density at radius 3 is 2.85 bits per heavy atom. The van der Waals surface area contributed by atoms with Gasteiger partial charge in [0, 0.05) is 11.2 Å². The number of thiophene rings is 1. The Kier molecular flexibility index (Phi) is 4.71. The maximum absolute atomic E-state index is 3.67. The summed E-state index contributed by atoms with van der Waals surface area (Å²) in [6, 6.07) is 8.71. The second-order valence-corrected chi connectivity index (χ2v) is 6.68. The minimum absolute atomic E-state index is 0.864. The number of piperidine rings is 1. The second kappa shape index (κ2) is 6.70. The number of likely N-dealkylation sites (tertiary alicyclic amines) is 1. The molecule has 108 valence electrons. The van der Waals surface area contributed by atoms with Crippen molar-refractivity contribution in [3.63, 3.8) is 0 Å². The van der Waals surface area contributed by atoms with E-state index in [9.17, 15) is 0 Å². The van der Waals surface area contributed by atoms with Gasteiger partial charge >= 0.3 is 0 Å². The molecule has 20 heavy (non-hydrogen) atoms. The van der Waals surface area contributed by atoms with Crippen molar-refractivity contribution in [1.82, 2.24) is 10.2 Å². The first-order valence-corrected chi connectivity index (χ1v) is 8.63. The molecule has 1 N–H and O–H groups in total. The molecule has 0 bridgehead atoms. The predicted molar refractivity (Wildman–Crippen MR) is 88.4 cm³/mol. The predicted octanol–water partition coefficient (Wildman–Crippen LogP) is 3.72. The fraction of sp³-hybridized carbons (Fsp3) is 0.529. The summed E-state index contributed by atoms with van der Waals surface area (Å²) in [6.45, 7) is 8.22. The van der Waals surface area contributed by atoms with Crippen LogP contribution in [0.2, 0.25) is 0 Å². The summed E-state index contributed by atoms with van der Waals surface area (Å²) < 4.78 is 1.40. The van der Waals surface area contributed by atoms with Gasteiger partial charge in [-0.2, -0.15) is 0 Å². The summed E-state index contributed by atoms with van der Waals surface area (Å²) in [6.07, 6.45) is 2.70. The zero-order chi connectivity index (χ0) is 13.8. The fourth-order valence-corrected chi connectivity index (χ4v) is 4.05. The average molecular weight is 288 g/mol. The molecule has 1 fully saturated rings. The summed E-state index contributed by atoms with van der Waals surface area (Å²) in [4.78, 5) is 2.56. The van der Waals surface area contributed by atoms with Crippen LogP contribution < -0.4 is 5.32 Å². The van der Waals surface area contributed by atoms with Crippen LogP contribution in [-0.4, -0.2) is 31.1 Å². The molecule has 1 aromatic heterocycles. The lowest BCUT2D eigenvalue weighted by Gasteiger charge is -2.31. The number of benzene rings is 1. The Morgan fingerprint density at radius 2 is 2.05 bits per heavy atom. The molecule has 0 spiro atoms. The monoisotopic (exact) mass is 288 g/mol. The number of nitrogens with one attached hydrogen (secondary N) is 1. The van der Waals surface area contributed by atoms with Crippen molar-refractivity contribution in [3.8, 4) is 0 Å². The zero-order valence-corrected chi connectivity index (χ0v) is 13.1. The standard InChI is InChI=1S/C17H24N2S/c1-2-19-9-7-14(8-10-19)11-18-12-15-13-20-17-6-4-3-5-16(15)17/h3-6,13-14,18H,2,7-12H2,1H3. The Balaban J connectivity index is 1.48. The van der Waals surface area contributed by atoms with Crippen molar-refractivity contribution in [1.29, 1.82) is 0 Å². The molecule has 1 aromatic carbocycles. The van der Waals surface area contributed by atoms with Crippen molar-refractivity contribution in [2.24, 2.45) is 5.92 Å². The van der Waals surface area contributed by atoms with Crippen LogP contribution in [0.3, 0.4) is 0 Å². The molecule has 1 aliphatic rings. The van der Waals surface area contributed by atoms with E-state index in [1.807, 2.05) is 11.3 Å². The van der Waals surface area contributed by atoms with Gasteiger partial charge in [-0.05, 0) is 67.3 Å². The summed E-state index contributed by atoms with van der Waals surface area (Å²) in [5.74, 6) is 0.864. The van der Waals surface area contributed by atoms with Crippen LogP contribution in [0.15, 0.2) is 29.6 Å². The number of nitrogens with zero attached hydrogens (tertiary/aromatic N) is 1. The quantitative estimate of drug-likeness (QED) is 0.902. The van der Waals surface area contributed by atoms with E-state index in [2.05, 4.69) is 46.8 Å². The molecule has 0 atom stereocenters. The molecule has 0 amide bonds. The van der Waals surface area contributed by atoms with E-state index in [1.165, 1.54) is 54.7 Å². The Labute approximate surface area is 125 Å². The third-order valence-corrected chi connectivity index (χ3v) is 5.48. The molecule has 1 aliphatic heterocycles. The maximum atomic E-state index is 3.67. The highest BCUT2D eigenvalue weighted by atomic mass is 32.1. The third-order valence-electron chi connectivity index (χ3n) is 4.46. The lowest BCUT2D eigenvalue weighted by Crippen LogP contribution is -2.36. The van der Waals surface area contributed by atoms with Crippen molar-refractivity contribution in [2.75, 3.05) is 26.2 Å². The van der Waals surface area contributed by atoms with E-state index >= 15 is 0 Å². The van der Waals surface area contributed by atoms with Crippen molar-refractivity contribution >= 4 is 21.4 Å². The minimum atomic E-state index is 0.864. The molecular formula is C17H24N2S. The number of hydrogen-bond donors (Lipinski definition) is 1. The molecule has 2 nitrogen and oxygen atoms in total. The highest BCUT2D eigenvalue weighted by Crippen LogP contribution is 2.25. The highest BCUT2D eigenvalue weighted by molar-refractivity contribution is 7.17. The molecule has 3 rings (SSSR count). The second-order valence-electron chi connectivity index (χ2n) is 5.77. The first-order chi connectivity index (χ1) is 9.86. The molecule has 2 heterocycles. The molecule has 3 heteroatoms. The van der Waals surface area contributed by atoms with Gasteiger partial charge in [0.2, 0.25) is 0 Å². The van der Waals surface area contributed by atoms with Crippen molar-refractivity contribution in [2.45, 2.75) is 26.3 Å². The Morgan fingerprint density at radius 1 is 1.25 bits per heavy atom. The van der Waals surface area contributed by atoms with Gasteiger partial charge in [0.25, 0.3) is 0 Å². The molecule has 0 unspecified atom stereocenters. The van der Waals surface area contributed by atoms with Crippen LogP contribution in [0.25, 0.3) is 10.1 Å². The Bertz CT molecular complexity index is 541. The van der Waals surface area contributed by atoms with Crippen LogP contribution in [0.4, 0.5) is 0 Å². The molecule has 0 aliphatic carbocycles. The molecule has 0 radical (unpaired) electrons. The summed E-state index contributed by atoms with van der Waals surface area (Å²) in [7, 11) is 0. The average Bonchev–Trinajstić information content (AvgIpc) is 2.92. The molecule has 1 saturated heterocycles. The normalized spacial score (nSPS) is 17.9. The topological polar surface area (TPSA) is 15.3 Å². The summed E-state index contributed by atoms with van der Waals surface area (Å²) in [5.41, 5.74) is 1.46. The lowest BCUT2D eigenvalue weighted by atomic mass is 9.97. The van der Waals surface area contributed by atoms with Crippen LogP contribution in [0.5, 0.6) is 0 Å². The lowest BCUT2D eigenvalue weighted by molar-refractivity contribution is 0.190. The number of hydrogen-bond acceptors (Lipinski definition) is 3. The van der Waals surface area contributed by atoms with Gasteiger partial charge in [-0.3, -0.25) is 0 Å². The number of rotatable bonds is 5.